The predicted molar refractivity (Wildman–Crippen MR) is 127 cm³/mol. The molecule has 0 bridgehead atoms. The summed E-state index contributed by atoms with van der Waals surface area (Å²) in [6.07, 6.45) is 6.22. The zero-order valence-corrected chi connectivity index (χ0v) is 18.9. The number of nitrogens with zero attached hydrogens (tertiary/aromatic N) is 3. The second-order valence-electron chi connectivity index (χ2n) is 8.41. The van der Waals surface area contributed by atoms with Gasteiger partial charge in [-0.05, 0) is 55.0 Å². The molecule has 5 heteroatoms. The summed E-state index contributed by atoms with van der Waals surface area (Å²) in [6.45, 7) is 6.10. The molecule has 1 aromatic heterocycles. The maximum absolute atomic E-state index is 13.6. The SMILES string of the molecule is CCCCN1CCC(N(Cc2ccccc2)C(=O)c2cc3ccc(Cl)cc3cn2)CC1. The quantitative estimate of drug-likeness (QED) is 0.471. The van der Waals surface area contributed by atoms with Crippen molar-refractivity contribution in [2.75, 3.05) is 19.6 Å². The first-order chi connectivity index (χ1) is 15.1. The third-order valence-electron chi connectivity index (χ3n) is 6.19. The van der Waals surface area contributed by atoms with Crippen LogP contribution in [0.2, 0.25) is 5.02 Å². The molecule has 1 fully saturated rings. The van der Waals surface area contributed by atoms with Crippen LogP contribution in [0.25, 0.3) is 10.8 Å². The first-order valence-corrected chi connectivity index (χ1v) is 11.6. The monoisotopic (exact) mass is 435 g/mol. The number of halogens is 1. The standard InChI is InChI=1S/C26H30ClN3O/c1-2-3-13-29-14-11-24(12-15-29)30(19-20-7-5-4-6-8-20)26(31)25-17-21-9-10-23(27)16-22(21)18-28-25/h4-10,16-18,24H,2-3,11-15,19H2,1H3. The van der Waals surface area contributed by atoms with Crippen molar-refractivity contribution in [3.63, 3.8) is 0 Å². The van der Waals surface area contributed by atoms with Gasteiger partial charge in [-0.15, -0.1) is 0 Å². The van der Waals surface area contributed by atoms with Crippen molar-refractivity contribution in [1.29, 1.82) is 0 Å². The Hall–Kier alpha value is -2.43. The van der Waals surface area contributed by atoms with Gasteiger partial charge in [-0.1, -0.05) is 61.3 Å². The smallest absolute Gasteiger partial charge is 0.273 e. The molecule has 1 amide bonds. The maximum Gasteiger partial charge on any atom is 0.273 e. The lowest BCUT2D eigenvalue weighted by molar-refractivity contribution is 0.0543. The Morgan fingerprint density at radius 1 is 1.10 bits per heavy atom. The molecule has 0 radical (unpaired) electrons. The van der Waals surface area contributed by atoms with Crippen LogP contribution in [0.15, 0.2) is 60.8 Å². The predicted octanol–water partition coefficient (Wildman–Crippen LogP) is 5.80. The molecule has 4 nitrogen and oxygen atoms in total. The molecular weight excluding hydrogens is 406 g/mol. The lowest BCUT2D eigenvalue weighted by Gasteiger charge is -2.38. The molecule has 4 rings (SSSR count). The van der Waals surface area contributed by atoms with Crippen LogP contribution < -0.4 is 0 Å². The van der Waals surface area contributed by atoms with E-state index in [0.717, 1.165) is 48.8 Å². The van der Waals surface area contributed by atoms with E-state index in [2.05, 4.69) is 28.9 Å². The average molecular weight is 436 g/mol. The van der Waals surface area contributed by atoms with E-state index < -0.39 is 0 Å². The molecule has 0 atom stereocenters. The Morgan fingerprint density at radius 3 is 2.61 bits per heavy atom. The van der Waals surface area contributed by atoms with Gasteiger partial charge in [-0.2, -0.15) is 0 Å². The Bertz CT molecular complexity index is 1020. The van der Waals surface area contributed by atoms with Crippen molar-refractivity contribution >= 4 is 28.3 Å². The van der Waals surface area contributed by atoms with Gasteiger partial charge in [0.15, 0.2) is 0 Å². The normalized spacial score (nSPS) is 15.3. The number of rotatable bonds is 7. The number of fused-ring (bicyclic) bond motifs is 1. The van der Waals surface area contributed by atoms with E-state index in [4.69, 9.17) is 11.6 Å². The van der Waals surface area contributed by atoms with E-state index in [1.807, 2.05) is 47.4 Å². The van der Waals surface area contributed by atoms with Gasteiger partial charge in [0.2, 0.25) is 0 Å². The van der Waals surface area contributed by atoms with E-state index in [-0.39, 0.29) is 11.9 Å². The Labute approximate surface area is 189 Å². The minimum Gasteiger partial charge on any atom is -0.330 e. The van der Waals surface area contributed by atoms with Crippen molar-refractivity contribution in [2.24, 2.45) is 0 Å². The van der Waals surface area contributed by atoms with Gasteiger partial charge in [0, 0.05) is 42.3 Å². The number of hydrogen-bond donors (Lipinski definition) is 0. The lowest BCUT2D eigenvalue weighted by atomic mass is 10.0. The van der Waals surface area contributed by atoms with Gasteiger partial charge < -0.3 is 9.80 Å². The zero-order valence-electron chi connectivity index (χ0n) is 18.1. The van der Waals surface area contributed by atoms with E-state index in [0.29, 0.717) is 17.3 Å². The fourth-order valence-electron chi connectivity index (χ4n) is 4.36. The van der Waals surface area contributed by atoms with Gasteiger partial charge in [-0.3, -0.25) is 9.78 Å². The van der Waals surface area contributed by atoms with Gasteiger partial charge in [-0.25, -0.2) is 0 Å². The number of likely N-dealkylation sites (tertiary alicyclic amines) is 1. The highest BCUT2D eigenvalue weighted by molar-refractivity contribution is 6.31. The highest BCUT2D eigenvalue weighted by Gasteiger charge is 2.29. The number of unbranched alkanes of at least 4 members (excludes halogenated alkanes) is 1. The van der Waals surface area contributed by atoms with Crippen LogP contribution in [0, 0.1) is 0 Å². The minimum atomic E-state index is 0.00714. The van der Waals surface area contributed by atoms with Crippen molar-refractivity contribution < 1.29 is 4.79 Å². The minimum absolute atomic E-state index is 0.00714. The van der Waals surface area contributed by atoms with Crippen LogP contribution in [0.5, 0.6) is 0 Å². The molecule has 1 saturated heterocycles. The van der Waals surface area contributed by atoms with E-state index in [1.165, 1.54) is 12.8 Å². The van der Waals surface area contributed by atoms with Crippen LogP contribution in [-0.4, -0.2) is 46.4 Å². The number of amides is 1. The lowest BCUT2D eigenvalue weighted by Crippen LogP contribution is -2.47. The summed E-state index contributed by atoms with van der Waals surface area (Å²) >= 11 is 6.10. The average Bonchev–Trinajstić information content (AvgIpc) is 2.81. The fourth-order valence-corrected chi connectivity index (χ4v) is 4.54. The van der Waals surface area contributed by atoms with Crippen molar-refractivity contribution in [1.82, 2.24) is 14.8 Å². The summed E-state index contributed by atoms with van der Waals surface area (Å²) in [5.41, 5.74) is 1.65. The van der Waals surface area contributed by atoms with Crippen molar-refractivity contribution in [3.05, 3.63) is 77.1 Å². The fraction of sp³-hybridized carbons (Fsp3) is 0.385. The summed E-state index contributed by atoms with van der Waals surface area (Å²) in [6, 6.07) is 18.1. The highest BCUT2D eigenvalue weighted by atomic mass is 35.5. The van der Waals surface area contributed by atoms with Crippen LogP contribution in [0.3, 0.4) is 0 Å². The molecule has 1 aliphatic rings. The van der Waals surface area contributed by atoms with Gasteiger partial charge >= 0.3 is 0 Å². The second-order valence-corrected chi connectivity index (χ2v) is 8.84. The Balaban J connectivity index is 1.56. The van der Waals surface area contributed by atoms with Crippen LogP contribution in [0.1, 0.15) is 48.7 Å². The van der Waals surface area contributed by atoms with E-state index in [1.54, 1.807) is 6.20 Å². The summed E-state index contributed by atoms with van der Waals surface area (Å²) in [5, 5.41) is 2.61. The number of carbonyl (C=O) groups excluding carboxylic acids is 1. The van der Waals surface area contributed by atoms with Crippen molar-refractivity contribution in [3.8, 4) is 0 Å². The number of piperidine rings is 1. The largest absolute Gasteiger partial charge is 0.330 e. The number of hydrogen-bond acceptors (Lipinski definition) is 3. The molecule has 0 unspecified atom stereocenters. The van der Waals surface area contributed by atoms with Gasteiger partial charge in [0.1, 0.15) is 5.69 Å². The molecule has 162 valence electrons. The molecule has 0 spiro atoms. The third-order valence-corrected chi connectivity index (χ3v) is 6.42. The summed E-state index contributed by atoms with van der Waals surface area (Å²) in [5.74, 6) is 0.00714. The van der Waals surface area contributed by atoms with Gasteiger partial charge in [0.25, 0.3) is 5.91 Å². The Morgan fingerprint density at radius 2 is 1.87 bits per heavy atom. The molecule has 3 aromatic rings. The molecule has 2 heterocycles. The van der Waals surface area contributed by atoms with Crippen LogP contribution in [0.4, 0.5) is 0 Å². The topological polar surface area (TPSA) is 36.4 Å². The van der Waals surface area contributed by atoms with E-state index in [9.17, 15) is 4.79 Å². The van der Waals surface area contributed by atoms with Crippen LogP contribution >= 0.6 is 11.6 Å². The third kappa shape index (κ3) is 5.44. The number of aromatic nitrogens is 1. The van der Waals surface area contributed by atoms with Gasteiger partial charge in [0.05, 0.1) is 0 Å². The molecule has 0 saturated carbocycles. The maximum atomic E-state index is 13.6. The zero-order chi connectivity index (χ0) is 21.6. The molecular formula is C26H30ClN3O. The second kappa shape index (κ2) is 10.3. The molecule has 0 N–H and O–H groups in total. The summed E-state index contributed by atoms with van der Waals surface area (Å²) in [7, 11) is 0. The number of carbonyl (C=O) groups is 1. The first kappa shape index (κ1) is 21.8. The number of benzene rings is 2. The van der Waals surface area contributed by atoms with E-state index >= 15 is 0 Å². The molecule has 1 aliphatic heterocycles. The number of pyridine rings is 1. The molecule has 0 aliphatic carbocycles. The summed E-state index contributed by atoms with van der Waals surface area (Å²) in [4.78, 5) is 22.7. The Kier molecular flexibility index (Phi) is 7.21. The molecule has 2 aromatic carbocycles. The highest BCUT2D eigenvalue weighted by Crippen LogP contribution is 2.24. The summed E-state index contributed by atoms with van der Waals surface area (Å²) < 4.78 is 0. The first-order valence-electron chi connectivity index (χ1n) is 11.3. The van der Waals surface area contributed by atoms with Crippen molar-refractivity contribution in [2.45, 2.75) is 45.2 Å². The van der Waals surface area contributed by atoms with Crippen LogP contribution in [-0.2, 0) is 6.54 Å². The molecule has 31 heavy (non-hydrogen) atoms.